The van der Waals surface area contributed by atoms with Crippen LogP contribution >= 0.6 is 0 Å². The van der Waals surface area contributed by atoms with Gasteiger partial charge in [-0.2, -0.15) is 0 Å². The Kier molecular flexibility index (Phi) is 3.64. The molecule has 1 aliphatic carbocycles. The van der Waals surface area contributed by atoms with Crippen molar-refractivity contribution < 1.29 is 4.42 Å². The van der Waals surface area contributed by atoms with Crippen LogP contribution in [0.1, 0.15) is 35.5 Å². The van der Waals surface area contributed by atoms with Gasteiger partial charge in [-0.15, -0.1) is 0 Å². The van der Waals surface area contributed by atoms with E-state index in [1.165, 1.54) is 0 Å². The number of aromatic amines is 1. The summed E-state index contributed by atoms with van der Waals surface area (Å²) in [5, 5.41) is 3.12. The molecule has 5 nitrogen and oxygen atoms in total. The summed E-state index contributed by atoms with van der Waals surface area (Å²) in [6.07, 6.45) is 6.69. The zero-order chi connectivity index (χ0) is 14.8. The van der Waals surface area contributed by atoms with Gasteiger partial charge in [0.25, 0.3) is 5.56 Å². The molecule has 0 spiro atoms. The molecule has 0 aliphatic heterocycles. The molecule has 2 aromatic heterocycles. The highest BCUT2D eigenvalue weighted by atomic mass is 16.4. The van der Waals surface area contributed by atoms with Crippen LogP contribution in [0.5, 0.6) is 0 Å². The quantitative estimate of drug-likeness (QED) is 0.847. The van der Waals surface area contributed by atoms with Crippen LogP contribution in [0.4, 0.5) is 5.69 Å². The van der Waals surface area contributed by atoms with Gasteiger partial charge in [0.05, 0.1) is 12.2 Å². The van der Waals surface area contributed by atoms with E-state index in [-0.39, 0.29) is 5.56 Å². The van der Waals surface area contributed by atoms with E-state index >= 15 is 0 Å². The fraction of sp³-hybridized carbons (Fsp3) is 0.375. The van der Waals surface area contributed by atoms with Gasteiger partial charge in [0.1, 0.15) is 11.4 Å². The van der Waals surface area contributed by atoms with Crippen LogP contribution in [0.25, 0.3) is 0 Å². The Bertz CT molecular complexity index is 715. The van der Waals surface area contributed by atoms with Gasteiger partial charge >= 0.3 is 0 Å². The Balaban J connectivity index is 1.76. The average molecular weight is 285 g/mol. The molecule has 1 aliphatic rings. The third-order valence-electron chi connectivity index (χ3n) is 3.76. The number of H-pyrrole nitrogens is 1. The van der Waals surface area contributed by atoms with E-state index < -0.39 is 0 Å². The van der Waals surface area contributed by atoms with Crippen molar-refractivity contribution in [2.45, 2.75) is 39.7 Å². The van der Waals surface area contributed by atoms with E-state index in [1.807, 2.05) is 13.0 Å². The fourth-order valence-electron chi connectivity index (χ4n) is 2.55. The van der Waals surface area contributed by atoms with Crippen LogP contribution in [0.3, 0.4) is 0 Å². The third-order valence-corrected chi connectivity index (χ3v) is 3.76. The topological polar surface area (TPSA) is 70.9 Å². The standard InChI is InChI=1S/C16H19N3O2/c1-3-11-8-13(16(20)18-10(11)2)17-9-15-19-12-6-4-5-7-14(12)21-15/h4-5,8,17H,3,6-7,9H2,1-2H3,(H,18,20). The summed E-state index contributed by atoms with van der Waals surface area (Å²) in [5.41, 5.74) is 3.51. The van der Waals surface area contributed by atoms with Crippen molar-refractivity contribution in [3.63, 3.8) is 0 Å². The van der Waals surface area contributed by atoms with Gasteiger partial charge in [0, 0.05) is 18.5 Å². The van der Waals surface area contributed by atoms with Crippen LogP contribution in [0.2, 0.25) is 0 Å². The van der Waals surface area contributed by atoms with Gasteiger partial charge in [-0.3, -0.25) is 4.79 Å². The van der Waals surface area contributed by atoms with E-state index in [1.54, 1.807) is 0 Å². The van der Waals surface area contributed by atoms with Crippen molar-refractivity contribution in [1.29, 1.82) is 0 Å². The monoisotopic (exact) mass is 285 g/mol. The lowest BCUT2D eigenvalue weighted by molar-refractivity contribution is 0.468. The van der Waals surface area contributed by atoms with Crippen LogP contribution in [0, 0.1) is 6.92 Å². The number of anilines is 1. The van der Waals surface area contributed by atoms with Gasteiger partial charge in [-0.05, 0) is 25.0 Å². The second kappa shape index (κ2) is 5.60. The number of oxazole rings is 1. The molecule has 0 radical (unpaired) electrons. The maximum absolute atomic E-state index is 11.9. The fourth-order valence-corrected chi connectivity index (χ4v) is 2.55. The minimum absolute atomic E-state index is 0.109. The maximum atomic E-state index is 11.9. The van der Waals surface area contributed by atoms with Crippen LogP contribution in [0.15, 0.2) is 27.4 Å². The predicted molar refractivity (Wildman–Crippen MR) is 81.6 cm³/mol. The summed E-state index contributed by atoms with van der Waals surface area (Å²) in [6.45, 7) is 4.40. The normalized spacial score (nSPS) is 13.2. The molecular weight excluding hydrogens is 266 g/mol. The molecule has 110 valence electrons. The van der Waals surface area contributed by atoms with Crippen molar-refractivity contribution in [1.82, 2.24) is 9.97 Å². The van der Waals surface area contributed by atoms with Crippen LogP contribution in [-0.2, 0) is 25.8 Å². The average Bonchev–Trinajstić information content (AvgIpc) is 2.89. The third kappa shape index (κ3) is 2.77. The summed E-state index contributed by atoms with van der Waals surface area (Å²) in [7, 11) is 0. The SMILES string of the molecule is CCc1cc(NCc2nc3c(o2)CC=CC3)c(=O)[nH]c1C. The van der Waals surface area contributed by atoms with Crippen LogP contribution < -0.4 is 10.9 Å². The molecule has 2 heterocycles. The van der Waals surface area contributed by atoms with Gasteiger partial charge in [-0.25, -0.2) is 4.98 Å². The number of hydrogen-bond donors (Lipinski definition) is 2. The van der Waals surface area contributed by atoms with Crippen LogP contribution in [-0.4, -0.2) is 9.97 Å². The van der Waals surface area contributed by atoms with E-state index in [4.69, 9.17) is 4.42 Å². The second-order valence-corrected chi connectivity index (χ2v) is 5.23. The summed E-state index contributed by atoms with van der Waals surface area (Å²) in [6, 6.07) is 1.90. The lowest BCUT2D eigenvalue weighted by Crippen LogP contribution is -2.16. The van der Waals surface area contributed by atoms with E-state index in [2.05, 4.69) is 34.4 Å². The van der Waals surface area contributed by atoms with Crippen molar-refractivity contribution in [2.24, 2.45) is 0 Å². The summed E-state index contributed by atoms with van der Waals surface area (Å²) in [5.74, 6) is 1.56. The number of aromatic nitrogens is 2. The zero-order valence-corrected chi connectivity index (χ0v) is 12.3. The molecule has 0 saturated carbocycles. The number of rotatable bonds is 4. The van der Waals surface area contributed by atoms with E-state index in [9.17, 15) is 4.79 Å². The number of pyridine rings is 1. The minimum atomic E-state index is -0.109. The Morgan fingerprint density at radius 3 is 2.95 bits per heavy atom. The Labute approximate surface area is 123 Å². The molecule has 0 bridgehead atoms. The number of fused-ring (bicyclic) bond motifs is 1. The van der Waals surface area contributed by atoms with Crippen molar-refractivity contribution >= 4 is 5.69 Å². The molecule has 0 amide bonds. The van der Waals surface area contributed by atoms with Crippen molar-refractivity contribution in [2.75, 3.05) is 5.32 Å². The number of hydrogen-bond acceptors (Lipinski definition) is 4. The first kappa shape index (κ1) is 13.7. The molecule has 5 heteroatoms. The number of allylic oxidation sites excluding steroid dienone is 2. The largest absolute Gasteiger partial charge is 0.443 e. The Morgan fingerprint density at radius 1 is 1.38 bits per heavy atom. The highest BCUT2D eigenvalue weighted by Gasteiger charge is 2.14. The number of nitrogens with one attached hydrogen (secondary N) is 2. The molecule has 21 heavy (non-hydrogen) atoms. The van der Waals surface area contributed by atoms with E-state index in [0.717, 1.165) is 42.0 Å². The molecule has 3 rings (SSSR count). The zero-order valence-electron chi connectivity index (χ0n) is 12.3. The summed E-state index contributed by atoms with van der Waals surface area (Å²) < 4.78 is 5.71. The Morgan fingerprint density at radius 2 is 2.19 bits per heavy atom. The highest BCUT2D eigenvalue weighted by molar-refractivity contribution is 5.44. The summed E-state index contributed by atoms with van der Waals surface area (Å²) in [4.78, 5) is 19.3. The number of nitrogens with zero attached hydrogens (tertiary/aromatic N) is 1. The highest BCUT2D eigenvalue weighted by Crippen LogP contribution is 2.18. The maximum Gasteiger partial charge on any atom is 0.271 e. The summed E-state index contributed by atoms with van der Waals surface area (Å²) >= 11 is 0. The molecule has 2 aromatic rings. The molecule has 0 saturated heterocycles. The molecule has 2 N–H and O–H groups in total. The van der Waals surface area contributed by atoms with E-state index in [0.29, 0.717) is 18.1 Å². The first-order chi connectivity index (χ1) is 10.2. The smallest absolute Gasteiger partial charge is 0.271 e. The molecule has 0 atom stereocenters. The van der Waals surface area contributed by atoms with Gasteiger partial charge in [-0.1, -0.05) is 19.1 Å². The first-order valence-corrected chi connectivity index (χ1v) is 7.26. The van der Waals surface area contributed by atoms with Gasteiger partial charge in [0.2, 0.25) is 5.89 Å². The number of aryl methyl sites for hydroxylation is 2. The molecule has 0 fully saturated rings. The van der Waals surface area contributed by atoms with Crippen molar-refractivity contribution in [3.05, 3.63) is 57.2 Å². The first-order valence-electron chi connectivity index (χ1n) is 7.26. The van der Waals surface area contributed by atoms with Gasteiger partial charge < -0.3 is 14.7 Å². The van der Waals surface area contributed by atoms with Gasteiger partial charge in [0.15, 0.2) is 0 Å². The molecule has 0 aromatic carbocycles. The minimum Gasteiger partial charge on any atom is -0.443 e. The Hall–Kier alpha value is -2.30. The lowest BCUT2D eigenvalue weighted by Gasteiger charge is -2.07. The molecular formula is C16H19N3O2. The second-order valence-electron chi connectivity index (χ2n) is 5.23. The molecule has 0 unspecified atom stereocenters. The predicted octanol–water partition coefficient (Wildman–Crippen LogP) is 2.50. The lowest BCUT2D eigenvalue weighted by atomic mass is 10.1. The van der Waals surface area contributed by atoms with Crippen molar-refractivity contribution in [3.8, 4) is 0 Å².